The molecule has 1 heterocycles. The van der Waals surface area contributed by atoms with Crippen molar-refractivity contribution in [2.45, 2.75) is 26.1 Å². The van der Waals surface area contributed by atoms with Gasteiger partial charge in [-0.05, 0) is 53.6 Å². The van der Waals surface area contributed by atoms with E-state index in [2.05, 4.69) is 0 Å². The van der Waals surface area contributed by atoms with Crippen molar-refractivity contribution in [2.24, 2.45) is 0 Å². The minimum absolute atomic E-state index is 0.00347. The highest BCUT2D eigenvalue weighted by Crippen LogP contribution is 2.33. The van der Waals surface area contributed by atoms with Gasteiger partial charge >= 0.3 is 12.1 Å². The maximum Gasteiger partial charge on any atom is 0.416 e. The van der Waals surface area contributed by atoms with E-state index in [1.165, 1.54) is 17.4 Å². The third-order valence-electron chi connectivity index (χ3n) is 4.04. The number of fused-ring (bicyclic) bond motifs is 1. The van der Waals surface area contributed by atoms with Gasteiger partial charge in [0.15, 0.2) is 0 Å². The van der Waals surface area contributed by atoms with Crippen molar-refractivity contribution in [3.05, 3.63) is 63.5 Å². The van der Waals surface area contributed by atoms with Crippen LogP contribution in [0.25, 0.3) is 10.1 Å². The molecule has 3 nitrogen and oxygen atoms in total. The minimum atomic E-state index is -4.44. The fourth-order valence-electron chi connectivity index (χ4n) is 2.66. The fraction of sp³-hybridized carbons (Fsp3) is 0.250. The number of alkyl halides is 3. The lowest BCUT2D eigenvalue weighted by Crippen LogP contribution is -2.06. The van der Waals surface area contributed by atoms with Crippen molar-refractivity contribution in [1.82, 2.24) is 0 Å². The number of carbonyl (C=O) groups excluding carboxylic acids is 1. The molecular formula is C20H16ClF3O3S. The molecule has 0 saturated heterocycles. The van der Waals surface area contributed by atoms with E-state index in [0.29, 0.717) is 17.9 Å². The van der Waals surface area contributed by atoms with Gasteiger partial charge in [-0.15, -0.1) is 11.3 Å². The Morgan fingerprint density at radius 3 is 2.61 bits per heavy atom. The summed E-state index contributed by atoms with van der Waals surface area (Å²) in [7, 11) is 0. The SMILES string of the molecule is CCOC(=O)Cc1csc2cc(OCc3ccc(C(F)(F)F)cc3Cl)ccc12. The average molecular weight is 429 g/mol. The van der Waals surface area contributed by atoms with Crippen molar-refractivity contribution in [3.63, 3.8) is 0 Å². The van der Waals surface area contributed by atoms with Crippen molar-refractivity contribution in [2.75, 3.05) is 6.61 Å². The lowest BCUT2D eigenvalue weighted by Gasteiger charge is -2.11. The molecular weight excluding hydrogens is 413 g/mol. The van der Waals surface area contributed by atoms with E-state index in [1.807, 2.05) is 17.5 Å². The van der Waals surface area contributed by atoms with Crippen LogP contribution in [-0.2, 0) is 28.7 Å². The summed E-state index contributed by atoms with van der Waals surface area (Å²) in [6, 6.07) is 8.61. The number of hydrogen-bond acceptors (Lipinski definition) is 4. The van der Waals surface area contributed by atoms with Crippen LogP contribution in [0.2, 0.25) is 5.02 Å². The highest BCUT2D eigenvalue weighted by molar-refractivity contribution is 7.17. The van der Waals surface area contributed by atoms with Gasteiger partial charge in [0.2, 0.25) is 0 Å². The van der Waals surface area contributed by atoms with Crippen molar-refractivity contribution in [1.29, 1.82) is 0 Å². The van der Waals surface area contributed by atoms with E-state index >= 15 is 0 Å². The first-order valence-electron chi connectivity index (χ1n) is 8.42. The van der Waals surface area contributed by atoms with Gasteiger partial charge in [-0.1, -0.05) is 17.7 Å². The number of rotatable bonds is 6. The van der Waals surface area contributed by atoms with Crippen molar-refractivity contribution in [3.8, 4) is 5.75 Å². The number of ether oxygens (including phenoxy) is 2. The average Bonchev–Trinajstić information content (AvgIpc) is 3.02. The Morgan fingerprint density at radius 2 is 1.93 bits per heavy atom. The van der Waals surface area contributed by atoms with Crippen LogP contribution >= 0.6 is 22.9 Å². The first kappa shape index (κ1) is 20.5. The van der Waals surface area contributed by atoms with Gasteiger partial charge in [0, 0.05) is 15.3 Å². The second-order valence-electron chi connectivity index (χ2n) is 5.99. The van der Waals surface area contributed by atoms with E-state index in [0.717, 1.165) is 27.8 Å². The number of thiophene rings is 1. The van der Waals surface area contributed by atoms with Gasteiger partial charge in [0.1, 0.15) is 12.4 Å². The number of carbonyl (C=O) groups is 1. The van der Waals surface area contributed by atoms with E-state index < -0.39 is 11.7 Å². The zero-order valence-corrected chi connectivity index (χ0v) is 16.4. The summed E-state index contributed by atoms with van der Waals surface area (Å²) in [6.07, 6.45) is -4.23. The lowest BCUT2D eigenvalue weighted by molar-refractivity contribution is -0.142. The smallest absolute Gasteiger partial charge is 0.416 e. The monoisotopic (exact) mass is 428 g/mol. The molecule has 0 spiro atoms. The molecule has 0 aliphatic heterocycles. The molecule has 8 heteroatoms. The zero-order chi connectivity index (χ0) is 20.3. The first-order chi connectivity index (χ1) is 13.3. The Balaban J connectivity index is 1.71. The summed E-state index contributed by atoms with van der Waals surface area (Å²) in [5, 5.41) is 2.85. The highest BCUT2D eigenvalue weighted by atomic mass is 35.5. The summed E-state index contributed by atoms with van der Waals surface area (Å²) in [6.45, 7) is 2.14. The van der Waals surface area contributed by atoms with Crippen LogP contribution in [0.5, 0.6) is 5.75 Å². The predicted molar refractivity (Wildman–Crippen MR) is 103 cm³/mol. The van der Waals surface area contributed by atoms with Crippen LogP contribution in [0, 0.1) is 0 Å². The van der Waals surface area contributed by atoms with E-state index in [9.17, 15) is 18.0 Å². The molecule has 0 bridgehead atoms. The van der Waals surface area contributed by atoms with Gasteiger partial charge in [0.05, 0.1) is 18.6 Å². The summed E-state index contributed by atoms with van der Waals surface area (Å²) in [5.74, 6) is 0.285. The largest absolute Gasteiger partial charge is 0.489 e. The normalized spacial score (nSPS) is 11.6. The number of esters is 1. The Morgan fingerprint density at radius 1 is 1.14 bits per heavy atom. The highest BCUT2D eigenvalue weighted by Gasteiger charge is 2.30. The van der Waals surface area contributed by atoms with E-state index in [-0.39, 0.29) is 24.0 Å². The van der Waals surface area contributed by atoms with Crippen LogP contribution in [0.1, 0.15) is 23.6 Å². The van der Waals surface area contributed by atoms with Gasteiger partial charge in [-0.2, -0.15) is 13.2 Å². The fourth-order valence-corrected chi connectivity index (χ4v) is 3.88. The number of hydrogen-bond donors (Lipinski definition) is 0. The number of benzene rings is 2. The Kier molecular flexibility index (Phi) is 6.15. The van der Waals surface area contributed by atoms with Crippen LogP contribution in [0.15, 0.2) is 41.8 Å². The zero-order valence-electron chi connectivity index (χ0n) is 14.8. The first-order valence-corrected chi connectivity index (χ1v) is 9.68. The summed E-state index contributed by atoms with van der Waals surface area (Å²) >= 11 is 7.43. The van der Waals surface area contributed by atoms with Gasteiger partial charge in [0.25, 0.3) is 0 Å². The van der Waals surface area contributed by atoms with Crippen LogP contribution in [0.4, 0.5) is 13.2 Å². The summed E-state index contributed by atoms with van der Waals surface area (Å²) in [4.78, 5) is 11.7. The number of halogens is 4. The Labute approximate surface area is 168 Å². The molecule has 0 aliphatic rings. The Hall–Kier alpha value is -2.25. The molecule has 148 valence electrons. The van der Waals surface area contributed by atoms with Gasteiger partial charge < -0.3 is 9.47 Å². The molecule has 1 aromatic heterocycles. The van der Waals surface area contributed by atoms with Crippen molar-refractivity contribution >= 4 is 39.0 Å². The standard InChI is InChI=1S/C20H16ClF3O3S/c1-2-26-19(25)7-13-11-28-18-9-15(5-6-16(13)18)27-10-12-3-4-14(8-17(12)21)20(22,23)24/h3-6,8-9,11H,2,7,10H2,1H3. The maximum atomic E-state index is 12.7. The van der Waals surface area contributed by atoms with Gasteiger partial charge in [-0.25, -0.2) is 0 Å². The lowest BCUT2D eigenvalue weighted by atomic mass is 10.1. The molecule has 0 amide bonds. The van der Waals surface area contributed by atoms with E-state index in [1.54, 1.807) is 13.0 Å². The molecule has 0 unspecified atom stereocenters. The summed E-state index contributed by atoms with van der Waals surface area (Å²) < 4.78 is 49.7. The van der Waals surface area contributed by atoms with Crippen LogP contribution < -0.4 is 4.74 Å². The molecule has 2 aromatic carbocycles. The second-order valence-corrected chi connectivity index (χ2v) is 7.31. The third-order valence-corrected chi connectivity index (χ3v) is 5.39. The predicted octanol–water partition coefficient (Wildman–Crippen LogP) is 6.26. The minimum Gasteiger partial charge on any atom is -0.489 e. The topological polar surface area (TPSA) is 35.5 Å². The second kappa shape index (κ2) is 8.41. The quantitative estimate of drug-likeness (QED) is 0.435. The Bertz CT molecular complexity index is 998. The summed E-state index contributed by atoms with van der Waals surface area (Å²) in [5.41, 5.74) is 0.551. The molecule has 3 rings (SSSR count). The molecule has 0 aliphatic carbocycles. The van der Waals surface area contributed by atoms with Crippen LogP contribution in [0.3, 0.4) is 0 Å². The van der Waals surface area contributed by atoms with Gasteiger partial charge in [-0.3, -0.25) is 4.79 Å². The van der Waals surface area contributed by atoms with Crippen molar-refractivity contribution < 1.29 is 27.4 Å². The molecule has 28 heavy (non-hydrogen) atoms. The molecule has 0 radical (unpaired) electrons. The third kappa shape index (κ3) is 4.77. The molecule has 0 atom stereocenters. The molecule has 0 fully saturated rings. The van der Waals surface area contributed by atoms with Crippen LogP contribution in [-0.4, -0.2) is 12.6 Å². The molecule has 0 saturated carbocycles. The maximum absolute atomic E-state index is 12.7. The molecule has 3 aromatic rings. The van der Waals surface area contributed by atoms with E-state index in [4.69, 9.17) is 21.1 Å². The molecule has 0 N–H and O–H groups in total.